The van der Waals surface area contributed by atoms with Crippen LogP contribution in [0.5, 0.6) is 5.88 Å². The van der Waals surface area contributed by atoms with Gasteiger partial charge in [0.15, 0.2) is 0 Å². The molecule has 0 aliphatic carbocycles. The topological polar surface area (TPSA) is 57.7 Å². The second kappa shape index (κ2) is 10.1. The lowest BCUT2D eigenvalue weighted by Crippen LogP contribution is -2.49. The van der Waals surface area contributed by atoms with E-state index in [0.717, 1.165) is 16.9 Å². The maximum absolute atomic E-state index is 15.2. The molecule has 1 aromatic carbocycles. The summed E-state index contributed by atoms with van der Waals surface area (Å²) >= 11 is 0. The largest absolute Gasteiger partial charge is 0.476 e. The van der Waals surface area contributed by atoms with Crippen molar-refractivity contribution in [2.24, 2.45) is 0 Å². The van der Waals surface area contributed by atoms with Crippen LogP contribution in [-0.2, 0) is 0 Å². The number of hydrogen-bond donors (Lipinski definition) is 1. The van der Waals surface area contributed by atoms with Gasteiger partial charge in [0.2, 0.25) is 5.88 Å². The summed E-state index contributed by atoms with van der Waals surface area (Å²) in [6, 6.07) is 11.4. The number of ether oxygens (including phenoxy) is 1. The van der Waals surface area contributed by atoms with E-state index in [9.17, 15) is 4.79 Å². The maximum Gasteiger partial charge on any atom is 0.253 e. The Kier molecular flexibility index (Phi) is 7.49. The third-order valence-electron chi connectivity index (χ3n) is 5.84. The summed E-state index contributed by atoms with van der Waals surface area (Å²) in [5.74, 6) is 1.37. The number of nitrogens with zero attached hydrogens (tertiary/aromatic N) is 3. The first-order valence-corrected chi connectivity index (χ1v) is 10.8. The van der Waals surface area contributed by atoms with Gasteiger partial charge >= 0.3 is 0 Å². The van der Waals surface area contributed by atoms with E-state index in [1.165, 1.54) is 0 Å². The van der Waals surface area contributed by atoms with Gasteiger partial charge < -0.3 is 19.9 Å². The molecular formula is C24H33FN4O2. The van der Waals surface area contributed by atoms with E-state index in [1.807, 2.05) is 69.2 Å². The normalized spacial score (nSPS) is 15.6. The van der Waals surface area contributed by atoms with Crippen molar-refractivity contribution in [2.45, 2.75) is 32.4 Å². The smallest absolute Gasteiger partial charge is 0.253 e. The number of alkyl halides is 1. The Morgan fingerprint density at radius 1 is 1.19 bits per heavy atom. The van der Waals surface area contributed by atoms with E-state index in [1.54, 1.807) is 4.90 Å². The highest BCUT2D eigenvalue weighted by molar-refractivity contribution is 5.94. The Morgan fingerprint density at radius 3 is 2.61 bits per heavy atom. The molecule has 1 amide bonds. The number of carbonyl (C=O) groups is 1. The molecule has 1 saturated heterocycles. The third kappa shape index (κ3) is 6.17. The molecule has 0 spiro atoms. The predicted octanol–water partition coefficient (Wildman–Crippen LogP) is 3.38. The highest BCUT2D eigenvalue weighted by atomic mass is 19.1. The molecule has 1 aliphatic heterocycles. The molecule has 0 atom stereocenters. The summed E-state index contributed by atoms with van der Waals surface area (Å²) in [6.45, 7) is 6.09. The molecule has 168 valence electrons. The molecule has 2 heterocycles. The minimum absolute atomic E-state index is 0.0148. The number of likely N-dealkylation sites (tertiary alicyclic amines) is 1. The Bertz CT molecular complexity index is 895. The first kappa shape index (κ1) is 23.0. The number of hydrogen-bond acceptors (Lipinski definition) is 5. The second-order valence-corrected chi connectivity index (χ2v) is 8.50. The maximum atomic E-state index is 15.2. The van der Waals surface area contributed by atoms with Crippen LogP contribution in [0.3, 0.4) is 0 Å². The summed E-state index contributed by atoms with van der Waals surface area (Å²) in [5.41, 5.74) is 1.63. The Labute approximate surface area is 184 Å². The van der Waals surface area contributed by atoms with Gasteiger partial charge in [-0.25, -0.2) is 4.39 Å². The third-order valence-corrected chi connectivity index (χ3v) is 5.84. The van der Waals surface area contributed by atoms with Gasteiger partial charge in [-0.2, -0.15) is 4.98 Å². The van der Waals surface area contributed by atoms with Crippen LogP contribution in [-0.4, -0.2) is 68.3 Å². The number of benzene rings is 1. The molecule has 1 fully saturated rings. The molecule has 1 N–H and O–H groups in total. The van der Waals surface area contributed by atoms with Crippen molar-refractivity contribution >= 4 is 11.7 Å². The Balaban J connectivity index is 1.40. The SMILES string of the molecule is Cc1ccc(C(=O)N2CCC(F)(CNCCOc3cccc(N(C)C)n3)CC2)cc1C. The number of nitrogens with one attached hydrogen (secondary N) is 1. The number of halogens is 1. The van der Waals surface area contributed by atoms with E-state index in [2.05, 4.69) is 10.3 Å². The number of amides is 1. The average Bonchev–Trinajstić information content (AvgIpc) is 2.75. The van der Waals surface area contributed by atoms with Gasteiger partial charge in [-0.1, -0.05) is 12.1 Å². The number of anilines is 1. The molecule has 2 aromatic rings. The van der Waals surface area contributed by atoms with Crippen LogP contribution in [0.1, 0.15) is 34.3 Å². The fraction of sp³-hybridized carbons (Fsp3) is 0.500. The Morgan fingerprint density at radius 2 is 1.94 bits per heavy atom. The molecule has 31 heavy (non-hydrogen) atoms. The molecule has 1 aromatic heterocycles. The van der Waals surface area contributed by atoms with Crippen molar-refractivity contribution in [3.05, 3.63) is 53.1 Å². The molecule has 3 rings (SSSR count). The lowest BCUT2D eigenvalue weighted by atomic mass is 9.92. The predicted molar refractivity (Wildman–Crippen MR) is 122 cm³/mol. The molecular weight excluding hydrogens is 395 g/mol. The van der Waals surface area contributed by atoms with Crippen LogP contribution in [0.15, 0.2) is 36.4 Å². The summed E-state index contributed by atoms with van der Waals surface area (Å²) in [4.78, 5) is 20.8. The second-order valence-electron chi connectivity index (χ2n) is 8.50. The van der Waals surface area contributed by atoms with Crippen molar-refractivity contribution in [2.75, 3.05) is 51.8 Å². The van der Waals surface area contributed by atoms with Gasteiger partial charge in [0.1, 0.15) is 18.1 Å². The van der Waals surface area contributed by atoms with E-state index in [4.69, 9.17) is 4.74 Å². The zero-order chi connectivity index (χ0) is 22.4. The first-order valence-electron chi connectivity index (χ1n) is 10.8. The average molecular weight is 429 g/mol. The number of aromatic nitrogens is 1. The minimum atomic E-state index is -1.30. The summed E-state index contributed by atoms with van der Waals surface area (Å²) in [6.07, 6.45) is 0.674. The summed E-state index contributed by atoms with van der Waals surface area (Å²) in [7, 11) is 3.85. The summed E-state index contributed by atoms with van der Waals surface area (Å²) < 4.78 is 20.8. The van der Waals surface area contributed by atoms with Gasteiger partial charge in [0.05, 0.1) is 0 Å². The molecule has 0 saturated carbocycles. The van der Waals surface area contributed by atoms with Crippen LogP contribution in [0.2, 0.25) is 0 Å². The van der Waals surface area contributed by atoms with Crippen molar-refractivity contribution in [1.82, 2.24) is 15.2 Å². The summed E-state index contributed by atoms with van der Waals surface area (Å²) in [5, 5.41) is 3.15. The van der Waals surface area contributed by atoms with Crippen molar-refractivity contribution < 1.29 is 13.9 Å². The first-order chi connectivity index (χ1) is 14.8. The number of piperidine rings is 1. The van der Waals surface area contributed by atoms with E-state index >= 15 is 4.39 Å². The molecule has 0 radical (unpaired) electrons. The number of rotatable bonds is 8. The Hall–Kier alpha value is -2.67. The van der Waals surface area contributed by atoms with E-state index in [-0.39, 0.29) is 12.5 Å². The van der Waals surface area contributed by atoms with Crippen LogP contribution in [0.4, 0.5) is 10.2 Å². The zero-order valence-electron chi connectivity index (χ0n) is 18.9. The van der Waals surface area contributed by atoms with Gasteiger partial charge in [-0.15, -0.1) is 0 Å². The monoisotopic (exact) mass is 428 g/mol. The van der Waals surface area contributed by atoms with Crippen molar-refractivity contribution in [3.63, 3.8) is 0 Å². The fourth-order valence-electron chi connectivity index (χ4n) is 3.62. The fourth-order valence-corrected chi connectivity index (χ4v) is 3.62. The zero-order valence-corrected chi connectivity index (χ0v) is 18.9. The molecule has 7 heteroatoms. The number of pyridine rings is 1. The molecule has 6 nitrogen and oxygen atoms in total. The lowest BCUT2D eigenvalue weighted by Gasteiger charge is -2.36. The standard InChI is InChI=1S/C24H33FN4O2/c1-18-8-9-20(16-19(18)2)23(30)29-13-10-24(25,11-14-29)17-26-12-15-31-22-7-5-6-21(27-22)28(3)4/h5-9,16,26H,10-15,17H2,1-4H3. The minimum Gasteiger partial charge on any atom is -0.476 e. The molecule has 1 aliphatic rings. The number of aryl methyl sites for hydroxylation is 2. The van der Waals surface area contributed by atoms with E-state index in [0.29, 0.717) is 50.5 Å². The van der Waals surface area contributed by atoms with Gasteiger partial charge in [-0.3, -0.25) is 4.79 Å². The van der Waals surface area contributed by atoms with Crippen LogP contribution in [0, 0.1) is 13.8 Å². The van der Waals surface area contributed by atoms with Crippen LogP contribution < -0.4 is 15.0 Å². The van der Waals surface area contributed by atoms with E-state index < -0.39 is 5.67 Å². The van der Waals surface area contributed by atoms with Crippen LogP contribution in [0.25, 0.3) is 0 Å². The molecule has 0 unspecified atom stereocenters. The highest BCUT2D eigenvalue weighted by Gasteiger charge is 2.35. The molecule has 0 bridgehead atoms. The van der Waals surface area contributed by atoms with Crippen LogP contribution >= 0.6 is 0 Å². The number of carbonyl (C=O) groups excluding carboxylic acids is 1. The highest BCUT2D eigenvalue weighted by Crippen LogP contribution is 2.27. The quantitative estimate of drug-likeness (QED) is 0.654. The van der Waals surface area contributed by atoms with Gasteiger partial charge in [0, 0.05) is 64.7 Å². The van der Waals surface area contributed by atoms with Crippen molar-refractivity contribution in [1.29, 1.82) is 0 Å². The van der Waals surface area contributed by atoms with Crippen molar-refractivity contribution in [3.8, 4) is 5.88 Å². The van der Waals surface area contributed by atoms with Gasteiger partial charge in [0.25, 0.3) is 5.91 Å². The lowest BCUT2D eigenvalue weighted by molar-refractivity contribution is 0.0433. The van der Waals surface area contributed by atoms with Gasteiger partial charge in [-0.05, 0) is 43.2 Å².